The van der Waals surface area contributed by atoms with Crippen LogP contribution in [-0.2, 0) is 11.2 Å². The molecule has 3 aromatic carbocycles. The van der Waals surface area contributed by atoms with Crippen LogP contribution in [0.1, 0.15) is 17.3 Å². The molecule has 214 valence electrons. The first-order valence-corrected chi connectivity index (χ1v) is 13.7. The number of methoxy groups -OCH3 is 1. The fourth-order valence-electron chi connectivity index (χ4n) is 4.86. The highest BCUT2D eigenvalue weighted by Crippen LogP contribution is 2.31. The van der Waals surface area contributed by atoms with Gasteiger partial charge in [-0.15, -0.1) is 5.10 Å². The van der Waals surface area contributed by atoms with E-state index in [1.807, 2.05) is 60.8 Å². The SMILES string of the molecule is COC(=O)Nc1ccc(-c2cnn(C(Cc3ccccc3)c3ccc(-c4cc(Cl)ccc4-n4cnnn4)c[n+]3[O-])c2)cc1. The maximum Gasteiger partial charge on any atom is 0.411 e. The van der Waals surface area contributed by atoms with E-state index in [9.17, 15) is 10.0 Å². The van der Waals surface area contributed by atoms with E-state index in [4.69, 9.17) is 11.6 Å². The second kappa shape index (κ2) is 12.1. The van der Waals surface area contributed by atoms with Crippen molar-refractivity contribution in [3.05, 3.63) is 131 Å². The molecule has 3 heterocycles. The lowest BCUT2D eigenvalue weighted by Crippen LogP contribution is -2.36. The number of tetrazole rings is 1. The van der Waals surface area contributed by atoms with Gasteiger partial charge in [0.15, 0.2) is 6.20 Å². The number of nitrogens with one attached hydrogen (secondary N) is 1. The van der Waals surface area contributed by atoms with E-state index >= 15 is 0 Å². The number of nitrogens with zero attached hydrogens (tertiary/aromatic N) is 7. The van der Waals surface area contributed by atoms with E-state index in [1.54, 1.807) is 41.2 Å². The number of halogens is 1. The number of rotatable bonds is 8. The van der Waals surface area contributed by atoms with Crippen molar-refractivity contribution in [3.63, 3.8) is 0 Å². The summed E-state index contributed by atoms with van der Waals surface area (Å²) < 4.78 is 8.86. The molecular weight excluding hydrogens is 568 g/mol. The van der Waals surface area contributed by atoms with Crippen LogP contribution < -0.4 is 10.0 Å². The van der Waals surface area contributed by atoms with Gasteiger partial charge in [-0.1, -0.05) is 54.1 Å². The van der Waals surface area contributed by atoms with Crippen molar-refractivity contribution in [2.24, 2.45) is 0 Å². The molecule has 0 bridgehead atoms. The van der Waals surface area contributed by atoms with Crippen LogP contribution in [0, 0.1) is 5.21 Å². The zero-order chi connectivity index (χ0) is 29.8. The number of anilines is 1. The van der Waals surface area contributed by atoms with Gasteiger partial charge in [-0.3, -0.25) is 10.00 Å². The highest BCUT2D eigenvalue weighted by atomic mass is 35.5. The van der Waals surface area contributed by atoms with Gasteiger partial charge in [0.05, 0.1) is 19.0 Å². The summed E-state index contributed by atoms with van der Waals surface area (Å²) in [5.74, 6) is 0. The number of ether oxygens (including phenoxy) is 1. The molecule has 1 unspecified atom stereocenters. The molecule has 0 saturated heterocycles. The Morgan fingerprint density at radius 2 is 1.81 bits per heavy atom. The lowest BCUT2D eigenvalue weighted by Gasteiger charge is -2.18. The number of carbonyl (C=O) groups excluding carboxylic acids is 1. The number of hydrogen-bond acceptors (Lipinski definition) is 7. The molecule has 1 N–H and O–H groups in total. The average Bonchev–Trinajstić information content (AvgIpc) is 3.74. The molecule has 0 saturated carbocycles. The van der Waals surface area contributed by atoms with Crippen molar-refractivity contribution in [2.75, 3.05) is 12.4 Å². The van der Waals surface area contributed by atoms with Crippen LogP contribution in [0.25, 0.3) is 27.9 Å². The molecule has 0 fully saturated rings. The molecular formula is C31H25ClN8O3. The highest BCUT2D eigenvalue weighted by Gasteiger charge is 2.25. The third-order valence-corrected chi connectivity index (χ3v) is 7.23. The van der Waals surface area contributed by atoms with E-state index in [0.29, 0.717) is 39.6 Å². The van der Waals surface area contributed by atoms with E-state index < -0.39 is 12.1 Å². The Labute approximate surface area is 251 Å². The van der Waals surface area contributed by atoms with Crippen LogP contribution in [-0.4, -0.2) is 43.2 Å². The molecule has 0 aliphatic carbocycles. The monoisotopic (exact) mass is 592 g/mol. The van der Waals surface area contributed by atoms with Crippen molar-refractivity contribution < 1.29 is 14.3 Å². The number of carbonyl (C=O) groups is 1. The summed E-state index contributed by atoms with van der Waals surface area (Å²) >= 11 is 6.33. The van der Waals surface area contributed by atoms with Gasteiger partial charge in [0.2, 0.25) is 5.69 Å². The van der Waals surface area contributed by atoms with E-state index in [2.05, 4.69) is 30.7 Å². The fourth-order valence-corrected chi connectivity index (χ4v) is 5.04. The normalized spacial score (nSPS) is 11.7. The second-order valence-electron chi connectivity index (χ2n) is 9.69. The smallest absolute Gasteiger partial charge is 0.411 e. The van der Waals surface area contributed by atoms with E-state index in [1.165, 1.54) is 24.3 Å². The molecule has 6 rings (SSSR count). The van der Waals surface area contributed by atoms with Gasteiger partial charge < -0.3 is 9.94 Å². The molecule has 43 heavy (non-hydrogen) atoms. The number of aromatic nitrogens is 7. The Morgan fingerprint density at radius 1 is 1.02 bits per heavy atom. The molecule has 1 amide bonds. The number of hydrogen-bond donors (Lipinski definition) is 1. The zero-order valence-corrected chi connectivity index (χ0v) is 23.7. The van der Waals surface area contributed by atoms with E-state index in [0.717, 1.165) is 21.4 Å². The molecule has 3 aromatic heterocycles. The Balaban J connectivity index is 1.35. The Morgan fingerprint density at radius 3 is 2.53 bits per heavy atom. The summed E-state index contributed by atoms with van der Waals surface area (Å²) in [5, 5.41) is 33.0. The van der Waals surface area contributed by atoms with Gasteiger partial charge in [-0.2, -0.15) is 14.5 Å². The minimum Gasteiger partial charge on any atom is -0.618 e. The Kier molecular flexibility index (Phi) is 7.79. The van der Waals surface area contributed by atoms with Gasteiger partial charge in [-0.05, 0) is 58.0 Å². The minimum absolute atomic E-state index is 0.402. The van der Waals surface area contributed by atoms with Crippen LogP contribution in [0.5, 0.6) is 0 Å². The third-order valence-electron chi connectivity index (χ3n) is 6.99. The lowest BCUT2D eigenvalue weighted by molar-refractivity contribution is -0.615. The number of pyridine rings is 1. The summed E-state index contributed by atoms with van der Waals surface area (Å²) in [7, 11) is 1.31. The molecule has 0 radical (unpaired) electrons. The standard InChI is InChI=1S/C31H25ClN8O3/c1-43-31(41)35-26-11-7-22(8-12-26)24-17-34-38(18-24)30(15-21-5-3-2-4-6-21)29-13-9-23(19-40(29)42)27-16-25(32)10-14-28(27)39-20-33-36-37-39/h2-14,16-20,30H,15H2,1H3,(H,35,41). The summed E-state index contributed by atoms with van der Waals surface area (Å²) in [6.07, 6.45) is 6.69. The fraction of sp³-hybridized carbons (Fsp3) is 0.0968. The molecule has 0 aliphatic heterocycles. The topological polar surface area (TPSA) is 127 Å². The third kappa shape index (κ3) is 6.07. The van der Waals surface area contributed by atoms with Crippen molar-refractivity contribution in [1.82, 2.24) is 30.0 Å². The Hall–Kier alpha value is -5.55. The first kappa shape index (κ1) is 27.6. The van der Waals surface area contributed by atoms with Gasteiger partial charge in [-0.25, -0.2) is 4.79 Å². The lowest BCUT2D eigenvalue weighted by atomic mass is 10.0. The van der Waals surface area contributed by atoms with Gasteiger partial charge in [0.25, 0.3) is 0 Å². The van der Waals surface area contributed by atoms with Crippen molar-refractivity contribution in [3.8, 4) is 27.9 Å². The molecule has 12 heteroatoms. The summed E-state index contributed by atoms with van der Waals surface area (Å²) in [4.78, 5) is 11.5. The van der Waals surface area contributed by atoms with Crippen LogP contribution in [0.4, 0.5) is 10.5 Å². The molecule has 0 aliphatic rings. The van der Waals surface area contributed by atoms with Crippen molar-refractivity contribution in [1.29, 1.82) is 0 Å². The van der Waals surface area contributed by atoms with Gasteiger partial charge in [0.1, 0.15) is 12.4 Å². The average molecular weight is 593 g/mol. The Bertz CT molecular complexity index is 1860. The van der Waals surface area contributed by atoms with E-state index in [-0.39, 0.29) is 0 Å². The minimum atomic E-state index is -0.539. The van der Waals surface area contributed by atoms with Crippen LogP contribution in [0.15, 0.2) is 110 Å². The van der Waals surface area contributed by atoms with Crippen LogP contribution >= 0.6 is 11.6 Å². The molecule has 0 spiro atoms. The highest BCUT2D eigenvalue weighted by molar-refractivity contribution is 6.31. The number of benzene rings is 3. The summed E-state index contributed by atoms with van der Waals surface area (Å²) in [5.41, 5.74) is 6.01. The molecule has 1 atom stereocenters. The summed E-state index contributed by atoms with van der Waals surface area (Å²) in [6, 6.07) is 25.9. The predicted octanol–water partition coefficient (Wildman–Crippen LogP) is 5.49. The summed E-state index contributed by atoms with van der Waals surface area (Å²) in [6.45, 7) is 0. The maximum absolute atomic E-state index is 13.7. The predicted molar refractivity (Wildman–Crippen MR) is 161 cm³/mol. The van der Waals surface area contributed by atoms with Crippen molar-refractivity contribution in [2.45, 2.75) is 12.5 Å². The zero-order valence-electron chi connectivity index (χ0n) is 22.9. The van der Waals surface area contributed by atoms with Crippen LogP contribution in [0.3, 0.4) is 0 Å². The first-order chi connectivity index (χ1) is 21.0. The van der Waals surface area contributed by atoms with Gasteiger partial charge >= 0.3 is 6.09 Å². The maximum atomic E-state index is 13.7. The first-order valence-electron chi connectivity index (χ1n) is 13.3. The number of amides is 1. The second-order valence-corrected chi connectivity index (χ2v) is 10.1. The quantitative estimate of drug-likeness (QED) is 0.183. The largest absolute Gasteiger partial charge is 0.618 e. The molecule has 11 nitrogen and oxygen atoms in total. The van der Waals surface area contributed by atoms with Crippen LogP contribution in [0.2, 0.25) is 5.02 Å². The molecule has 6 aromatic rings. The van der Waals surface area contributed by atoms with Gasteiger partial charge in [0, 0.05) is 46.1 Å². The van der Waals surface area contributed by atoms with Crippen molar-refractivity contribution >= 4 is 23.4 Å².